The monoisotopic (exact) mass is 394 g/mol. The molecule has 0 bridgehead atoms. The van der Waals surface area contributed by atoms with Crippen LogP contribution >= 0.6 is 11.3 Å². The van der Waals surface area contributed by atoms with Gasteiger partial charge >= 0.3 is 0 Å². The second-order valence-electron chi connectivity index (χ2n) is 6.67. The molecule has 0 saturated carbocycles. The molecule has 2 N–H and O–H groups in total. The lowest BCUT2D eigenvalue weighted by Crippen LogP contribution is -2.32. The standard InChI is InChI=1S/C23H26N2O2S/c1-18-12-15-28-22(18)16-25(14-7-13-24)23(26)20-10-5-6-11-21(20)27-17-19-8-3-2-4-9-19/h2-6,8-12,15H,7,13-14,16-17,24H2,1H3. The number of aryl methyl sites for hydroxylation is 1. The molecule has 2 aromatic carbocycles. The normalized spacial score (nSPS) is 10.6. The molecule has 0 unspecified atom stereocenters. The number of benzene rings is 2. The van der Waals surface area contributed by atoms with Gasteiger partial charge in [0, 0.05) is 11.4 Å². The Kier molecular flexibility index (Phi) is 7.23. The molecule has 0 atom stereocenters. The molecule has 3 aromatic rings. The van der Waals surface area contributed by atoms with Crippen molar-refractivity contribution in [2.24, 2.45) is 5.73 Å². The fourth-order valence-electron chi connectivity index (χ4n) is 2.95. The van der Waals surface area contributed by atoms with Gasteiger partial charge in [-0.2, -0.15) is 0 Å². The van der Waals surface area contributed by atoms with Crippen LogP contribution in [0.4, 0.5) is 0 Å². The van der Waals surface area contributed by atoms with Crippen molar-refractivity contribution >= 4 is 17.2 Å². The molecule has 0 aliphatic carbocycles. The molecule has 0 fully saturated rings. The first kappa shape index (κ1) is 20.1. The molecule has 146 valence electrons. The zero-order valence-corrected chi connectivity index (χ0v) is 17.0. The molecule has 4 nitrogen and oxygen atoms in total. The van der Waals surface area contributed by atoms with E-state index in [-0.39, 0.29) is 5.91 Å². The van der Waals surface area contributed by atoms with Gasteiger partial charge in [0.2, 0.25) is 0 Å². The SMILES string of the molecule is Cc1ccsc1CN(CCCN)C(=O)c1ccccc1OCc1ccccc1. The van der Waals surface area contributed by atoms with E-state index >= 15 is 0 Å². The van der Waals surface area contributed by atoms with E-state index in [1.54, 1.807) is 11.3 Å². The quantitative estimate of drug-likeness (QED) is 0.576. The number of para-hydroxylation sites is 1. The average molecular weight is 395 g/mol. The van der Waals surface area contributed by atoms with E-state index < -0.39 is 0 Å². The molecule has 3 rings (SSSR count). The highest BCUT2D eigenvalue weighted by Crippen LogP contribution is 2.24. The third-order valence-electron chi connectivity index (χ3n) is 4.58. The van der Waals surface area contributed by atoms with Crippen LogP contribution in [0.3, 0.4) is 0 Å². The molecule has 1 heterocycles. The first-order valence-electron chi connectivity index (χ1n) is 9.47. The third-order valence-corrected chi connectivity index (χ3v) is 5.58. The third kappa shape index (κ3) is 5.21. The maximum absolute atomic E-state index is 13.3. The summed E-state index contributed by atoms with van der Waals surface area (Å²) in [6.07, 6.45) is 0.767. The van der Waals surface area contributed by atoms with Crippen molar-refractivity contribution < 1.29 is 9.53 Å². The van der Waals surface area contributed by atoms with E-state index in [0.717, 1.165) is 12.0 Å². The van der Waals surface area contributed by atoms with E-state index in [2.05, 4.69) is 18.4 Å². The zero-order valence-electron chi connectivity index (χ0n) is 16.1. The second kappa shape index (κ2) is 10.1. The van der Waals surface area contributed by atoms with E-state index in [1.807, 2.05) is 59.5 Å². The number of ether oxygens (including phenoxy) is 1. The van der Waals surface area contributed by atoms with Gasteiger partial charge in [-0.1, -0.05) is 42.5 Å². The van der Waals surface area contributed by atoms with Gasteiger partial charge in [-0.05, 0) is 54.6 Å². The molecule has 0 aliphatic rings. The smallest absolute Gasteiger partial charge is 0.257 e. The van der Waals surface area contributed by atoms with Gasteiger partial charge in [-0.3, -0.25) is 4.79 Å². The maximum Gasteiger partial charge on any atom is 0.257 e. The predicted molar refractivity (Wildman–Crippen MR) is 115 cm³/mol. The summed E-state index contributed by atoms with van der Waals surface area (Å²) in [6, 6.07) is 19.5. The summed E-state index contributed by atoms with van der Waals surface area (Å²) in [4.78, 5) is 16.4. The van der Waals surface area contributed by atoms with Crippen LogP contribution in [0, 0.1) is 6.92 Å². The number of rotatable bonds is 9. The van der Waals surface area contributed by atoms with Gasteiger partial charge in [0.05, 0.1) is 12.1 Å². The number of carbonyl (C=O) groups is 1. The van der Waals surface area contributed by atoms with Gasteiger partial charge in [0.25, 0.3) is 5.91 Å². The van der Waals surface area contributed by atoms with Crippen molar-refractivity contribution in [3.63, 3.8) is 0 Å². The van der Waals surface area contributed by atoms with Gasteiger partial charge in [-0.25, -0.2) is 0 Å². The Hall–Kier alpha value is -2.63. The van der Waals surface area contributed by atoms with Crippen LogP contribution in [0.5, 0.6) is 5.75 Å². The summed E-state index contributed by atoms with van der Waals surface area (Å²) in [5, 5.41) is 2.06. The topological polar surface area (TPSA) is 55.6 Å². The molecule has 0 spiro atoms. The predicted octanol–water partition coefficient (Wildman–Crippen LogP) is 4.63. The van der Waals surface area contributed by atoms with Gasteiger partial charge in [-0.15, -0.1) is 11.3 Å². The number of nitrogens with two attached hydrogens (primary N) is 1. The van der Waals surface area contributed by atoms with Crippen LogP contribution in [0.2, 0.25) is 0 Å². The van der Waals surface area contributed by atoms with E-state index in [4.69, 9.17) is 10.5 Å². The molecule has 5 heteroatoms. The lowest BCUT2D eigenvalue weighted by atomic mass is 10.1. The Balaban J connectivity index is 1.79. The summed E-state index contributed by atoms with van der Waals surface area (Å²) in [6.45, 7) is 4.28. The maximum atomic E-state index is 13.3. The number of nitrogens with zero attached hydrogens (tertiary/aromatic N) is 1. The van der Waals surface area contributed by atoms with Crippen LogP contribution in [0.25, 0.3) is 0 Å². The Morgan fingerprint density at radius 3 is 2.54 bits per heavy atom. The number of hydrogen-bond acceptors (Lipinski definition) is 4. The van der Waals surface area contributed by atoms with Crippen LogP contribution in [0.1, 0.15) is 32.8 Å². The lowest BCUT2D eigenvalue weighted by molar-refractivity contribution is 0.0739. The van der Waals surface area contributed by atoms with Crippen molar-refractivity contribution in [1.82, 2.24) is 4.90 Å². The summed E-state index contributed by atoms with van der Waals surface area (Å²) in [7, 11) is 0. The fraction of sp³-hybridized carbons (Fsp3) is 0.261. The summed E-state index contributed by atoms with van der Waals surface area (Å²) in [5.41, 5.74) is 8.57. The number of hydrogen-bond donors (Lipinski definition) is 1. The van der Waals surface area contributed by atoms with Gasteiger partial charge in [0.15, 0.2) is 0 Å². The number of carbonyl (C=O) groups excluding carboxylic acids is 1. The van der Waals surface area contributed by atoms with Crippen molar-refractivity contribution in [2.75, 3.05) is 13.1 Å². The molecule has 0 saturated heterocycles. The number of thiophene rings is 1. The highest BCUT2D eigenvalue weighted by atomic mass is 32.1. The fourth-order valence-corrected chi connectivity index (χ4v) is 3.87. The molecule has 28 heavy (non-hydrogen) atoms. The van der Waals surface area contributed by atoms with Crippen LogP contribution in [-0.4, -0.2) is 23.9 Å². The van der Waals surface area contributed by atoms with E-state index in [9.17, 15) is 4.79 Å². The minimum Gasteiger partial charge on any atom is -0.488 e. The molecule has 0 aliphatic heterocycles. The Labute approximate surface area is 170 Å². The lowest BCUT2D eigenvalue weighted by Gasteiger charge is -2.23. The highest BCUT2D eigenvalue weighted by molar-refractivity contribution is 7.10. The molecule has 0 radical (unpaired) electrons. The van der Waals surface area contributed by atoms with Crippen molar-refractivity contribution in [3.8, 4) is 5.75 Å². The highest BCUT2D eigenvalue weighted by Gasteiger charge is 2.20. The average Bonchev–Trinajstić information content (AvgIpc) is 3.14. The van der Waals surface area contributed by atoms with Crippen LogP contribution in [-0.2, 0) is 13.2 Å². The van der Waals surface area contributed by atoms with Crippen molar-refractivity contribution in [2.45, 2.75) is 26.5 Å². The minimum atomic E-state index is -0.0232. The first-order valence-corrected chi connectivity index (χ1v) is 10.3. The van der Waals surface area contributed by atoms with Crippen molar-refractivity contribution in [1.29, 1.82) is 0 Å². The molecule has 1 amide bonds. The van der Waals surface area contributed by atoms with Gasteiger partial charge in [0.1, 0.15) is 12.4 Å². The molecular weight excluding hydrogens is 368 g/mol. The van der Waals surface area contributed by atoms with Crippen LogP contribution < -0.4 is 10.5 Å². The summed E-state index contributed by atoms with van der Waals surface area (Å²) < 4.78 is 5.99. The molecular formula is C23H26N2O2S. The Morgan fingerprint density at radius 1 is 1.07 bits per heavy atom. The summed E-state index contributed by atoms with van der Waals surface area (Å²) >= 11 is 1.68. The van der Waals surface area contributed by atoms with Crippen LogP contribution in [0.15, 0.2) is 66.0 Å². The molecule has 1 aromatic heterocycles. The van der Waals surface area contributed by atoms with E-state index in [0.29, 0.717) is 37.6 Å². The Morgan fingerprint density at radius 2 is 1.82 bits per heavy atom. The summed E-state index contributed by atoms with van der Waals surface area (Å²) in [5.74, 6) is 0.585. The minimum absolute atomic E-state index is 0.0232. The Bertz CT molecular complexity index is 892. The second-order valence-corrected chi connectivity index (χ2v) is 7.67. The van der Waals surface area contributed by atoms with Gasteiger partial charge < -0.3 is 15.4 Å². The van der Waals surface area contributed by atoms with Crippen molar-refractivity contribution in [3.05, 3.63) is 87.6 Å². The first-order chi connectivity index (χ1) is 13.7. The van der Waals surface area contributed by atoms with E-state index in [1.165, 1.54) is 10.4 Å². The largest absolute Gasteiger partial charge is 0.488 e. The number of amides is 1. The zero-order chi connectivity index (χ0) is 19.8.